The maximum Gasteiger partial charge on any atom is 0.244 e. The average Bonchev–Trinajstić information content (AvgIpc) is 2.55. The first kappa shape index (κ1) is 18.4. The van der Waals surface area contributed by atoms with Gasteiger partial charge in [-0.05, 0) is 42.2 Å². The molecule has 0 aromatic heterocycles. The SMILES string of the molecule is CCC(C(F)F)C(O)(c1ccc(C(C)C)cc1)C1CCCCC1. The number of rotatable bonds is 6. The first-order chi connectivity index (χ1) is 10.9. The van der Waals surface area contributed by atoms with Crippen LogP contribution < -0.4 is 0 Å². The Morgan fingerprint density at radius 2 is 1.65 bits per heavy atom. The first-order valence-corrected chi connectivity index (χ1v) is 9.02. The van der Waals surface area contributed by atoms with Crippen molar-refractivity contribution in [2.45, 2.75) is 77.2 Å². The lowest BCUT2D eigenvalue weighted by molar-refractivity contribution is -0.136. The van der Waals surface area contributed by atoms with Gasteiger partial charge in [-0.15, -0.1) is 0 Å². The van der Waals surface area contributed by atoms with E-state index in [4.69, 9.17) is 0 Å². The minimum atomic E-state index is -2.50. The molecule has 0 amide bonds. The van der Waals surface area contributed by atoms with Crippen molar-refractivity contribution in [1.82, 2.24) is 0 Å². The molecular formula is C20H30F2O. The van der Waals surface area contributed by atoms with Crippen molar-refractivity contribution < 1.29 is 13.9 Å². The smallest absolute Gasteiger partial charge is 0.244 e. The largest absolute Gasteiger partial charge is 0.384 e. The Morgan fingerprint density at radius 3 is 2.09 bits per heavy atom. The van der Waals surface area contributed by atoms with Crippen LogP contribution in [0, 0.1) is 11.8 Å². The minimum absolute atomic E-state index is 0.0694. The minimum Gasteiger partial charge on any atom is -0.384 e. The van der Waals surface area contributed by atoms with Crippen LogP contribution in [0.1, 0.15) is 76.3 Å². The Hall–Kier alpha value is -0.960. The number of hydrogen-bond acceptors (Lipinski definition) is 1. The molecule has 1 aromatic rings. The summed E-state index contributed by atoms with van der Waals surface area (Å²) in [5.41, 5.74) is 0.421. The van der Waals surface area contributed by atoms with Gasteiger partial charge in [0, 0.05) is 0 Å². The molecule has 2 rings (SSSR count). The fourth-order valence-electron chi connectivity index (χ4n) is 4.11. The van der Waals surface area contributed by atoms with Crippen molar-refractivity contribution in [3.63, 3.8) is 0 Å². The van der Waals surface area contributed by atoms with E-state index in [0.29, 0.717) is 11.5 Å². The molecule has 1 aliphatic carbocycles. The van der Waals surface area contributed by atoms with Gasteiger partial charge in [0.25, 0.3) is 0 Å². The quantitative estimate of drug-likeness (QED) is 0.694. The van der Waals surface area contributed by atoms with Gasteiger partial charge in [0.05, 0.1) is 5.92 Å². The Morgan fingerprint density at radius 1 is 1.09 bits per heavy atom. The van der Waals surface area contributed by atoms with E-state index >= 15 is 0 Å². The van der Waals surface area contributed by atoms with Crippen molar-refractivity contribution in [2.75, 3.05) is 0 Å². The topological polar surface area (TPSA) is 20.2 Å². The summed E-state index contributed by atoms with van der Waals surface area (Å²) in [5.74, 6) is -0.681. The molecule has 0 bridgehead atoms. The van der Waals surface area contributed by atoms with E-state index in [1.54, 1.807) is 6.92 Å². The molecule has 1 aliphatic rings. The molecule has 0 heterocycles. The van der Waals surface area contributed by atoms with Gasteiger partial charge in [-0.25, -0.2) is 8.78 Å². The van der Waals surface area contributed by atoms with Crippen molar-refractivity contribution in [3.05, 3.63) is 35.4 Å². The summed E-state index contributed by atoms with van der Waals surface area (Å²) in [4.78, 5) is 0. The van der Waals surface area contributed by atoms with Crippen molar-refractivity contribution >= 4 is 0 Å². The molecular weight excluding hydrogens is 294 g/mol. The van der Waals surface area contributed by atoms with Crippen molar-refractivity contribution in [3.8, 4) is 0 Å². The lowest BCUT2D eigenvalue weighted by Crippen LogP contribution is -2.46. The highest BCUT2D eigenvalue weighted by Crippen LogP contribution is 2.47. The van der Waals surface area contributed by atoms with Crippen LogP contribution in [0.25, 0.3) is 0 Å². The predicted octanol–water partition coefficient (Wildman–Crippen LogP) is 5.87. The third-order valence-corrected chi connectivity index (χ3v) is 5.58. The van der Waals surface area contributed by atoms with Crippen LogP contribution in [0.15, 0.2) is 24.3 Å². The number of alkyl halides is 2. The summed E-state index contributed by atoms with van der Waals surface area (Å²) in [6, 6.07) is 7.70. The summed E-state index contributed by atoms with van der Waals surface area (Å²) in [6.45, 7) is 5.97. The van der Waals surface area contributed by atoms with Crippen LogP contribution >= 0.6 is 0 Å². The van der Waals surface area contributed by atoms with E-state index in [1.807, 2.05) is 24.3 Å². The van der Waals surface area contributed by atoms with Crippen LogP contribution in [-0.4, -0.2) is 11.5 Å². The van der Waals surface area contributed by atoms with Crippen LogP contribution in [0.4, 0.5) is 8.78 Å². The molecule has 1 saturated carbocycles. The second kappa shape index (κ2) is 7.74. The third-order valence-electron chi connectivity index (χ3n) is 5.58. The van der Waals surface area contributed by atoms with Gasteiger partial charge in [-0.3, -0.25) is 0 Å². The fourth-order valence-corrected chi connectivity index (χ4v) is 4.11. The van der Waals surface area contributed by atoms with Crippen LogP contribution in [0.3, 0.4) is 0 Å². The lowest BCUT2D eigenvalue weighted by atomic mass is 9.66. The zero-order valence-electron chi connectivity index (χ0n) is 14.6. The molecule has 1 N–H and O–H groups in total. The standard InChI is InChI=1S/C20H30F2O/c1-4-18(19(21)22)20(23,16-8-6-5-7-9-16)17-12-10-15(11-13-17)14(2)3/h10-14,16,18-19,23H,4-9H2,1-3H3. The molecule has 2 atom stereocenters. The van der Waals surface area contributed by atoms with Gasteiger partial charge >= 0.3 is 0 Å². The molecule has 1 aromatic carbocycles. The van der Waals surface area contributed by atoms with Crippen molar-refractivity contribution in [1.29, 1.82) is 0 Å². The Kier molecular flexibility index (Phi) is 6.19. The molecule has 23 heavy (non-hydrogen) atoms. The molecule has 0 saturated heterocycles. The van der Waals surface area contributed by atoms with Crippen LogP contribution in [0.5, 0.6) is 0 Å². The molecule has 0 spiro atoms. The number of aliphatic hydroxyl groups is 1. The summed E-state index contributed by atoms with van der Waals surface area (Å²) < 4.78 is 27.4. The van der Waals surface area contributed by atoms with Gasteiger partial charge < -0.3 is 5.11 Å². The fraction of sp³-hybridized carbons (Fsp3) is 0.700. The average molecular weight is 324 g/mol. The molecule has 0 radical (unpaired) electrons. The van der Waals surface area contributed by atoms with Gasteiger partial charge in [0.2, 0.25) is 6.43 Å². The van der Waals surface area contributed by atoms with Gasteiger partial charge in [0.1, 0.15) is 5.60 Å². The first-order valence-electron chi connectivity index (χ1n) is 9.02. The lowest BCUT2D eigenvalue weighted by Gasteiger charge is -2.44. The number of hydrogen-bond donors (Lipinski definition) is 1. The maximum atomic E-state index is 13.7. The highest BCUT2D eigenvalue weighted by atomic mass is 19.3. The van der Waals surface area contributed by atoms with E-state index in [1.165, 1.54) is 5.56 Å². The predicted molar refractivity (Wildman–Crippen MR) is 90.8 cm³/mol. The Labute approximate surface area is 139 Å². The summed E-state index contributed by atoms with van der Waals surface area (Å²) >= 11 is 0. The Balaban J connectivity index is 2.42. The molecule has 0 aliphatic heterocycles. The molecule has 1 nitrogen and oxygen atoms in total. The van der Waals surface area contributed by atoms with Gasteiger partial charge in [-0.2, -0.15) is 0 Å². The zero-order valence-corrected chi connectivity index (χ0v) is 14.6. The summed E-state index contributed by atoms with van der Waals surface area (Å²) in [7, 11) is 0. The van der Waals surface area contributed by atoms with Crippen LogP contribution in [-0.2, 0) is 5.60 Å². The van der Waals surface area contributed by atoms with E-state index in [9.17, 15) is 13.9 Å². The van der Waals surface area contributed by atoms with E-state index in [2.05, 4.69) is 13.8 Å². The highest BCUT2D eigenvalue weighted by Gasteiger charge is 2.48. The normalized spacial score (nSPS) is 20.7. The van der Waals surface area contributed by atoms with E-state index < -0.39 is 17.9 Å². The molecule has 2 unspecified atom stereocenters. The zero-order chi connectivity index (χ0) is 17.0. The molecule has 130 valence electrons. The number of benzene rings is 1. The molecule has 1 fully saturated rings. The van der Waals surface area contributed by atoms with Crippen LogP contribution in [0.2, 0.25) is 0 Å². The Bertz CT molecular complexity index is 477. The highest BCUT2D eigenvalue weighted by molar-refractivity contribution is 5.30. The van der Waals surface area contributed by atoms with Gasteiger partial charge in [0.15, 0.2) is 0 Å². The summed E-state index contributed by atoms with van der Waals surface area (Å²) in [5, 5.41) is 11.5. The van der Waals surface area contributed by atoms with Gasteiger partial charge in [-0.1, -0.05) is 64.3 Å². The number of halogens is 2. The van der Waals surface area contributed by atoms with E-state index in [-0.39, 0.29) is 12.3 Å². The monoisotopic (exact) mass is 324 g/mol. The van der Waals surface area contributed by atoms with Crippen molar-refractivity contribution in [2.24, 2.45) is 11.8 Å². The molecule has 3 heteroatoms. The second-order valence-electron chi connectivity index (χ2n) is 7.29. The maximum absolute atomic E-state index is 13.7. The van der Waals surface area contributed by atoms with E-state index in [0.717, 1.165) is 32.1 Å². The third kappa shape index (κ3) is 3.76. The summed E-state index contributed by atoms with van der Waals surface area (Å²) in [6.07, 6.45) is 2.66. The second-order valence-corrected chi connectivity index (χ2v) is 7.29.